The van der Waals surface area contributed by atoms with E-state index in [1.54, 1.807) is 36.5 Å². The van der Waals surface area contributed by atoms with E-state index < -0.39 is 0 Å². The van der Waals surface area contributed by atoms with Gasteiger partial charge in [-0.25, -0.2) is 14.4 Å². The predicted molar refractivity (Wildman–Crippen MR) is 124 cm³/mol. The molecule has 0 unspecified atom stereocenters. The summed E-state index contributed by atoms with van der Waals surface area (Å²) < 4.78 is 13.5. The smallest absolute Gasteiger partial charge is 0.251 e. The maximum Gasteiger partial charge on any atom is 0.251 e. The van der Waals surface area contributed by atoms with Crippen LogP contribution < -0.4 is 10.6 Å². The fourth-order valence-electron chi connectivity index (χ4n) is 3.27. The number of nitrogens with zero attached hydrogens (tertiary/aromatic N) is 2. The number of rotatable bonds is 6. The van der Waals surface area contributed by atoms with E-state index in [9.17, 15) is 9.18 Å². The molecule has 0 bridgehead atoms. The van der Waals surface area contributed by atoms with E-state index in [-0.39, 0.29) is 17.8 Å². The second-order valence-electron chi connectivity index (χ2n) is 7.58. The van der Waals surface area contributed by atoms with Crippen LogP contribution in [0.4, 0.5) is 15.9 Å². The molecule has 0 saturated carbocycles. The van der Waals surface area contributed by atoms with Crippen molar-refractivity contribution in [1.29, 1.82) is 0 Å². The maximum absolute atomic E-state index is 13.5. The summed E-state index contributed by atoms with van der Waals surface area (Å²) in [5.41, 5.74) is 4.18. The Bertz CT molecular complexity index is 1220. The first-order valence-corrected chi connectivity index (χ1v) is 10.3. The topological polar surface area (TPSA) is 66.9 Å². The lowest BCUT2D eigenvalue weighted by Crippen LogP contribution is -2.26. The third-order valence-electron chi connectivity index (χ3n) is 5.08. The summed E-state index contributed by atoms with van der Waals surface area (Å²) in [5, 5.41) is 6.21. The van der Waals surface area contributed by atoms with Gasteiger partial charge in [0, 0.05) is 23.0 Å². The Balaban J connectivity index is 1.42. The molecule has 0 aliphatic heterocycles. The summed E-state index contributed by atoms with van der Waals surface area (Å²) in [5.74, 6) is 0.523. The summed E-state index contributed by atoms with van der Waals surface area (Å²) in [6, 6.07) is 23.0. The van der Waals surface area contributed by atoms with Crippen LogP contribution in [0, 0.1) is 12.7 Å². The molecular formula is C26H23FN4O. The van der Waals surface area contributed by atoms with E-state index in [1.807, 2.05) is 50.2 Å². The lowest BCUT2D eigenvalue weighted by molar-refractivity contribution is 0.0940. The molecule has 0 radical (unpaired) electrons. The van der Waals surface area contributed by atoms with E-state index in [0.29, 0.717) is 22.8 Å². The molecule has 1 amide bonds. The number of benzene rings is 3. The van der Waals surface area contributed by atoms with Gasteiger partial charge in [0.2, 0.25) is 0 Å². The third-order valence-corrected chi connectivity index (χ3v) is 5.08. The van der Waals surface area contributed by atoms with Gasteiger partial charge in [0.1, 0.15) is 11.6 Å². The second kappa shape index (κ2) is 9.39. The van der Waals surface area contributed by atoms with Crippen molar-refractivity contribution in [3.8, 4) is 11.4 Å². The van der Waals surface area contributed by atoms with Crippen LogP contribution in [-0.2, 0) is 0 Å². The minimum Gasteiger partial charge on any atom is -0.346 e. The van der Waals surface area contributed by atoms with Crippen LogP contribution in [0.3, 0.4) is 0 Å². The van der Waals surface area contributed by atoms with Crippen LogP contribution in [0.1, 0.15) is 34.5 Å². The van der Waals surface area contributed by atoms with E-state index in [2.05, 4.69) is 20.6 Å². The second-order valence-corrected chi connectivity index (χ2v) is 7.58. The Hall–Kier alpha value is -4.06. The van der Waals surface area contributed by atoms with Gasteiger partial charge < -0.3 is 10.6 Å². The Morgan fingerprint density at radius 2 is 1.72 bits per heavy atom. The number of halogens is 1. The average molecular weight is 426 g/mol. The minimum absolute atomic E-state index is 0.0943. The van der Waals surface area contributed by atoms with Crippen molar-refractivity contribution in [3.63, 3.8) is 0 Å². The quantitative estimate of drug-likeness (QED) is 0.407. The normalized spacial score (nSPS) is 11.6. The Kier molecular flexibility index (Phi) is 6.22. The first kappa shape index (κ1) is 21.2. The van der Waals surface area contributed by atoms with Gasteiger partial charge in [-0.2, -0.15) is 0 Å². The standard InChI is InChI=1S/C26H23FN4O/c1-17-6-8-19(9-7-17)18(2)29-26(32)20-10-12-23(13-11-20)30-24-14-15-28-25(31-24)21-4-3-5-22(27)16-21/h3-16,18H,1-2H3,(H,29,32)(H,28,30,31)/t18-/m0/s1. The zero-order chi connectivity index (χ0) is 22.5. The monoisotopic (exact) mass is 426 g/mol. The van der Waals surface area contributed by atoms with E-state index in [4.69, 9.17) is 0 Å². The summed E-state index contributed by atoms with van der Waals surface area (Å²) in [6.07, 6.45) is 1.61. The number of nitrogens with one attached hydrogen (secondary N) is 2. The van der Waals surface area contributed by atoms with E-state index >= 15 is 0 Å². The van der Waals surface area contributed by atoms with Gasteiger partial charge in [0.05, 0.1) is 6.04 Å². The Morgan fingerprint density at radius 1 is 0.969 bits per heavy atom. The SMILES string of the molecule is Cc1ccc([C@H](C)NC(=O)c2ccc(Nc3ccnc(-c4cccc(F)c4)n3)cc2)cc1. The van der Waals surface area contributed by atoms with Gasteiger partial charge in [0.25, 0.3) is 5.91 Å². The highest BCUT2D eigenvalue weighted by Gasteiger charge is 2.12. The number of aryl methyl sites for hydroxylation is 1. The van der Waals surface area contributed by atoms with Gasteiger partial charge in [0.15, 0.2) is 5.82 Å². The van der Waals surface area contributed by atoms with Crippen LogP contribution in [-0.4, -0.2) is 15.9 Å². The molecule has 0 aliphatic carbocycles. The molecular weight excluding hydrogens is 403 g/mol. The highest BCUT2D eigenvalue weighted by molar-refractivity contribution is 5.94. The zero-order valence-corrected chi connectivity index (χ0v) is 17.8. The van der Waals surface area contributed by atoms with Crippen molar-refractivity contribution < 1.29 is 9.18 Å². The summed E-state index contributed by atoms with van der Waals surface area (Å²) in [6.45, 7) is 4.00. The molecule has 1 aromatic heterocycles. The van der Waals surface area contributed by atoms with Crippen LogP contribution >= 0.6 is 0 Å². The fraction of sp³-hybridized carbons (Fsp3) is 0.115. The van der Waals surface area contributed by atoms with Crippen molar-refractivity contribution in [1.82, 2.24) is 15.3 Å². The number of hydrogen-bond donors (Lipinski definition) is 2. The van der Waals surface area contributed by atoms with Crippen molar-refractivity contribution in [3.05, 3.63) is 108 Å². The van der Waals surface area contributed by atoms with Crippen LogP contribution in [0.15, 0.2) is 85.1 Å². The molecule has 1 heterocycles. The van der Waals surface area contributed by atoms with E-state index in [1.165, 1.54) is 17.7 Å². The molecule has 5 nitrogen and oxygen atoms in total. The van der Waals surface area contributed by atoms with Gasteiger partial charge in [-0.3, -0.25) is 4.79 Å². The number of amides is 1. The molecule has 1 atom stereocenters. The largest absolute Gasteiger partial charge is 0.346 e. The molecule has 4 aromatic rings. The van der Waals surface area contributed by atoms with Crippen LogP contribution in [0.2, 0.25) is 0 Å². The molecule has 0 saturated heterocycles. The summed E-state index contributed by atoms with van der Waals surface area (Å²) in [4.78, 5) is 21.3. The summed E-state index contributed by atoms with van der Waals surface area (Å²) >= 11 is 0. The van der Waals surface area contributed by atoms with Gasteiger partial charge in [-0.05, 0) is 61.9 Å². The number of carbonyl (C=O) groups is 1. The van der Waals surface area contributed by atoms with Crippen LogP contribution in [0.5, 0.6) is 0 Å². The molecule has 0 fully saturated rings. The highest BCUT2D eigenvalue weighted by Crippen LogP contribution is 2.20. The first-order valence-electron chi connectivity index (χ1n) is 10.3. The van der Waals surface area contributed by atoms with Crippen LogP contribution in [0.25, 0.3) is 11.4 Å². The van der Waals surface area contributed by atoms with E-state index in [0.717, 1.165) is 11.3 Å². The van der Waals surface area contributed by atoms with Gasteiger partial charge >= 0.3 is 0 Å². The van der Waals surface area contributed by atoms with Crippen molar-refractivity contribution in [2.24, 2.45) is 0 Å². The minimum atomic E-state index is -0.338. The lowest BCUT2D eigenvalue weighted by atomic mass is 10.1. The average Bonchev–Trinajstić information content (AvgIpc) is 2.80. The molecule has 32 heavy (non-hydrogen) atoms. The van der Waals surface area contributed by atoms with Crippen molar-refractivity contribution in [2.45, 2.75) is 19.9 Å². The number of anilines is 2. The number of aromatic nitrogens is 2. The Labute approximate surface area is 186 Å². The van der Waals surface area contributed by atoms with Crippen molar-refractivity contribution in [2.75, 3.05) is 5.32 Å². The highest BCUT2D eigenvalue weighted by atomic mass is 19.1. The third kappa shape index (κ3) is 5.16. The summed E-state index contributed by atoms with van der Waals surface area (Å²) in [7, 11) is 0. The molecule has 3 aromatic carbocycles. The number of carbonyl (C=O) groups excluding carboxylic acids is 1. The molecule has 0 aliphatic rings. The van der Waals surface area contributed by atoms with Gasteiger partial charge in [-0.1, -0.05) is 42.0 Å². The molecule has 6 heteroatoms. The van der Waals surface area contributed by atoms with Gasteiger partial charge in [-0.15, -0.1) is 0 Å². The molecule has 2 N–H and O–H groups in total. The zero-order valence-electron chi connectivity index (χ0n) is 17.8. The Morgan fingerprint density at radius 3 is 2.44 bits per heavy atom. The molecule has 160 valence electrons. The number of hydrogen-bond acceptors (Lipinski definition) is 4. The first-order chi connectivity index (χ1) is 15.5. The predicted octanol–water partition coefficient (Wildman–Crippen LogP) is 5.83. The lowest BCUT2D eigenvalue weighted by Gasteiger charge is -2.15. The van der Waals surface area contributed by atoms with Crippen molar-refractivity contribution >= 4 is 17.4 Å². The fourth-order valence-corrected chi connectivity index (χ4v) is 3.27. The maximum atomic E-state index is 13.5. The molecule has 4 rings (SSSR count). The molecule has 0 spiro atoms.